The minimum atomic E-state index is -0.364. The molecule has 2 heterocycles. The fraction of sp³-hybridized carbons (Fsp3) is 0.333. The SMILES string of the molecule is Cc1ccc(N2C(=O)C(C)N=C2N2CCN(c3ccc(F)cc3)CC2)cc1. The molecule has 5 nitrogen and oxygen atoms in total. The average molecular weight is 366 g/mol. The van der Waals surface area contributed by atoms with Gasteiger partial charge >= 0.3 is 0 Å². The fourth-order valence-electron chi connectivity index (χ4n) is 3.55. The monoisotopic (exact) mass is 366 g/mol. The third-order valence-electron chi connectivity index (χ3n) is 5.13. The van der Waals surface area contributed by atoms with E-state index in [4.69, 9.17) is 0 Å². The Morgan fingerprint density at radius 1 is 0.889 bits per heavy atom. The van der Waals surface area contributed by atoms with Crippen molar-refractivity contribution >= 4 is 23.2 Å². The van der Waals surface area contributed by atoms with E-state index in [1.807, 2.05) is 50.2 Å². The lowest BCUT2D eigenvalue weighted by Gasteiger charge is -2.38. The van der Waals surface area contributed by atoms with Crippen LogP contribution in [0.2, 0.25) is 0 Å². The van der Waals surface area contributed by atoms with Gasteiger partial charge in [-0.05, 0) is 50.2 Å². The summed E-state index contributed by atoms with van der Waals surface area (Å²) in [6.45, 7) is 6.99. The summed E-state index contributed by atoms with van der Waals surface area (Å²) < 4.78 is 13.1. The third kappa shape index (κ3) is 3.39. The molecule has 140 valence electrons. The lowest BCUT2D eigenvalue weighted by molar-refractivity contribution is -0.117. The first-order valence-electron chi connectivity index (χ1n) is 9.27. The number of rotatable bonds is 2. The Kier molecular flexibility index (Phi) is 4.56. The molecule has 1 unspecified atom stereocenters. The fourth-order valence-corrected chi connectivity index (χ4v) is 3.55. The molecular formula is C21H23FN4O. The number of carbonyl (C=O) groups is 1. The second-order valence-electron chi connectivity index (χ2n) is 7.06. The molecule has 0 N–H and O–H groups in total. The third-order valence-corrected chi connectivity index (χ3v) is 5.13. The maximum Gasteiger partial charge on any atom is 0.258 e. The van der Waals surface area contributed by atoms with E-state index in [2.05, 4.69) is 14.8 Å². The van der Waals surface area contributed by atoms with Gasteiger partial charge in [-0.15, -0.1) is 0 Å². The Morgan fingerprint density at radius 2 is 1.44 bits per heavy atom. The van der Waals surface area contributed by atoms with E-state index in [1.165, 1.54) is 12.1 Å². The van der Waals surface area contributed by atoms with E-state index in [0.29, 0.717) is 0 Å². The molecule has 2 aliphatic rings. The molecule has 4 rings (SSSR count). The molecule has 0 spiro atoms. The summed E-state index contributed by atoms with van der Waals surface area (Å²) in [5.74, 6) is 0.517. The molecule has 0 aliphatic carbocycles. The molecule has 0 bridgehead atoms. The van der Waals surface area contributed by atoms with E-state index in [1.54, 1.807) is 4.90 Å². The number of guanidine groups is 1. The maximum atomic E-state index is 13.1. The Hall–Kier alpha value is -2.89. The van der Waals surface area contributed by atoms with Crippen LogP contribution in [0.3, 0.4) is 0 Å². The number of carbonyl (C=O) groups excluding carboxylic acids is 1. The molecular weight excluding hydrogens is 343 g/mol. The minimum absolute atomic E-state index is 0.00909. The number of anilines is 2. The molecule has 27 heavy (non-hydrogen) atoms. The van der Waals surface area contributed by atoms with Crippen LogP contribution in [0.1, 0.15) is 12.5 Å². The van der Waals surface area contributed by atoms with Crippen LogP contribution < -0.4 is 9.80 Å². The predicted octanol–water partition coefficient (Wildman–Crippen LogP) is 3.05. The summed E-state index contributed by atoms with van der Waals surface area (Å²) in [4.78, 5) is 23.5. The Morgan fingerprint density at radius 3 is 2.07 bits per heavy atom. The van der Waals surface area contributed by atoms with Crippen molar-refractivity contribution in [2.24, 2.45) is 4.99 Å². The predicted molar refractivity (Wildman–Crippen MR) is 106 cm³/mol. The standard InChI is InChI=1S/C21H23FN4O/c1-15-3-7-19(8-4-15)26-20(27)16(2)23-21(26)25-13-11-24(12-14-25)18-9-5-17(22)6-10-18/h3-10,16H,11-14H2,1-2H3. The highest BCUT2D eigenvalue weighted by Crippen LogP contribution is 2.25. The molecule has 0 aromatic heterocycles. The molecule has 0 saturated carbocycles. The number of aliphatic imine (C=N–C) groups is 1. The van der Waals surface area contributed by atoms with Gasteiger partial charge in [-0.3, -0.25) is 4.79 Å². The van der Waals surface area contributed by atoms with Crippen LogP contribution in [0.4, 0.5) is 15.8 Å². The zero-order valence-corrected chi connectivity index (χ0v) is 15.6. The van der Waals surface area contributed by atoms with Gasteiger partial charge in [0.25, 0.3) is 5.91 Å². The molecule has 2 aromatic carbocycles. The van der Waals surface area contributed by atoms with Crippen LogP contribution in [0.25, 0.3) is 0 Å². The van der Waals surface area contributed by atoms with Crippen molar-refractivity contribution in [2.45, 2.75) is 19.9 Å². The van der Waals surface area contributed by atoms with E-state index >= 15 is 0 Å². The van der Waals surface area contributed by atoms with Crippen LogP contribution in [0, 0.1) is 12.7 Å². The van der Waals surface area contributed by atoms with Gasteiger partial charge in [0, 0.05) is 31.9 Å². The van der Waals surface area contributed by atoms with Crippen molar-refractivity contribution in [3.05, 3.63) is 59.9 Å². The van der Waals surface area contributed by atoms with E-state index in [-0.39, 0.29) is 17.8 Å². The van der Waals surface area contributed by atoms with Crippen LogP contribution in [0.15, 0.2) is 53.5 Å². The smallest absolute Gasteiger partial charge is 0.258 e. The molecule has 0 radical (unpaired) electrons. The van der Waals surface area contributed by atoms with Gasteiger partial charge in [0.2, 0.25) is 5.96 Å². The van der Waals surface area contributed by atoms with Crippen molar-refractivity contribution in [3.8, 4) is 0 Å². The van der Waals surface area contributed by atoms with Gasteiger partial charge in [0.05, 0.1) is 5.69 Å². The normalized spacial score (nSPS) is 20.3. The van der Waals surface area contributed by atoms with Gasteiger partial charge in [0.1, 0.15) is 11.9 Å². The number of benzene rings is 2. The topological polar surface area (TPSA) is 39.2 Å². The second kappa shape index (κ2) is 7.02. The summed E-state index contributed by atoms with van der Waals surface area (Å²) >= 11 is 0. The summed E-state index contributed by atoms with van der Waals surface area (Å²) in [6.07, 6.45) is 0. The number of nitrogens with zero attached hydrogens (tertiary/aromatic N) is 4. The van der Waals surface area contributed by atoms with Crippen LogP contribution >= 0.6 is 0 Å². The number of hydrogen-bond donors (Lipinski definition) is 0. The lowest BCUT2D eigenvalue weighted by Crippen LogP contribution is -2.53. The Labute approximate surface area is 158 Å². The quantitative estimate of drug-likeness (QED) is 0.820. The van der Waals surface area contributed by atoms with Crippen LogP contribution in [0.5, 0.6) is 0 Å². The first-order valence-corrected chi connectivity index (χ1v) is 9.27. The molecule has 1 atom stereocenters. The number of halogens is 1. The number of aryl methyl sites for hydroxylation is 1. The summed E-state index contributed by atoms with van der Waals surface area (Å²) in [5.41, 5.74) is 3.03. The largest absolute Gasteiger partial charge is 0.368 e. The highest BCUT2D eigenvalue weighted by Gasteiger charge is 2.36. The van der Waals surface area contributed by atoms with E-state index < -0.39 is 0 Å². The van der Waals surface area contributed by atoms with Gasteiger partial charge in [-0.25, -0.2) is 14.3 Å². The highest BCUT2D eigenvalue weighted by atomic mass is 19.1. The molecule has 1 amide bonds. The summed E-state index contributed by atoms with van der Waals surface area (Å²) in [6, 6.07) is 14.2. The van der Waals surface area contributed by atoms with Gasteiger partial charge in [0.15, 0.2) is 0 Å². The molecule has 2 aliphatic heterocycles. The molecule has 2 aromatic rings. The molecule has 1 fully saturated rings. The van der Waals surface area contributed by atoms with Crippen molar-refractivity contribution < 1.29 is 9.18 Å². The average Bonchev–Trinajstić information content (AvgIpc) is 2.98. The lowest BCUT2D eigenvalue weighted by atomic mass is 10.2. The first kappa shape index (κ1) is 17.5. The van der Waals surface area contributed by atoms with Crippen molar-refractivity contribution in [1.29, 1.82) is 0 Å². The highest BCUT2D eigenvalue weighted by molar-refractivity contribution is 6.21. The molecule has 6 heteroatoms. The Bertz CT molecular complexity index is 855. The van der Waals surface area contributed by atoms with Gasteiger partial charge < -0.3 is 9.80 Å². The minimum Gasteiger partial charge on any atom is -0.368 e. The van der Waals surface area contributed by atoms with Gasteiger partial charge in [-0.1, -0.05) is 17.7 Å². The van der Waals surface area contributed by atoms with Crippen molar-refractivity contribution in [2.75, 3.05) is 36.0 Å². The summed E-state index contributed by atoms with van der Waals surface area (Å²) in [5, 5.41) is 0. The Balaban J connectivity index is 1.50. The van der Waals surface area contributed by atoms with Gasteiger partial charge in [-0.2, -0.15) is 0 Å². The zero-order valence-electron chi connectivity index (χ0n) is 15.6. The number of piperazine rings is 1. The van der Waals surface area contributed by atoms with E-state index in [9.17, 15) is 9.18 Å². The first-order chi connectivity index (χ1) is 13.0. The second-order valence-corrected chi connectivity index (χ2v) is 7.06. The number of amides is 1. The van der Waals surface area contributed by atoms with E-state index in [0.717, 1.165) is 49.1 Å². The number of hydrogen-bond acceptors (Lipinski definition) is 4. The van der Waals surface area contributed by atoms with Crippen molar-refractivity contribution in [1.82, 2.24) is 4.90 Å². The summed E-state index contributed by atoms with van der Waals surface area (Å²) in [7, 11) is 0. The van der Waals surface area contributed by atoms with Crippen LogP contribution in [-0.4, -0.2) is 49.0 Å². The van der Waals surface area contributed by atoms with Crippen LogP contribution in [-0.2, 0) is 4.79 Å². The molecule has 1 saturated heterocycles. The maximum absolute atomic E-state index is 13.1. The zero-order chi connectivity index (χ0) is 19.0. The van der Waals surface area contributed by atoms with Crippen molar-refractivity contribution in [3.63, 3.8) is 0 Å².